The van der Waals surface area contributed by atoms with Crippen LogP contribution >= 0.6 is 0 Å². The fourth-order valence-corrected chi connectivity index (χ4v) is 1.70. The topological polar surface area (TPSA) is 0 Å². The highest BCUT2D eigenvalue weighted by molar-refractivity contribution is 5.18. The zero-order valence-corrected chi connectivity index (χ0v) is 11.2. The fraction of sp³-hybridized carbons (Fsp3) is 0.353. The highest BCUT2D eigenvalue weighted by atomic mass is 14.0. The molecule has 0 fully saturated rings. The SMILES string of the molecule is CCC(=C=C(C)C)C/C=C/Cc1ccccc1. The minimum Gasteiger partial charge on any atom is -0.123 e. The van der Waals surface area contributed by atoms with Gasteiger partial charge in [0.2, 0.25) is 0 Å². The predicted molar refractivity (Wildman–Crippen MR) is 76.1 cm³/mol. The largest absolute Gasteiger partial charge is 0.123 e. The molecule has 0 heterocycles. The lowest BCUT2D eigenvalue weighted by molar-refractivity contribution is 1.03. The first-order valence-corrected chi connectivity index (χ1v) is 6.33. The van der Waals surface area contributed by atoms with E-state index in [1.54, 1.807) is 0 Å². The molecule has 1 rings (SSSR count). The van der Waals surface area contributed by atoms with Crippen LogP contribution < -0.4 is 0 Å². The fourth-order valence-electron chi connectivity index (χ4n) is 1.70. The molecular weight excluding hydrogens is 204 g/mol. The van der Waals surface area contributed by atoms with Gasteiger partial charge in [-0.2, -0.15) is 0 Å². The maximum Gasteiger partial charge on any atom is -0.00625 e. The average Bonchev–Trinajstić information content (AvgIpc) is 2.34. The third-order valence-corrected chi connectivity index (χ3v) is 2.58. The van der Waals surface area contributed by atoms with Gasteiger partial charge in [-0.1, -0.05) is 49.4 Å². The zero-order chi connectivity index (χ0) is 12.5. The zero-order valence-electron chi connectivity index (χ0n) is 11.2. The van der Waals surface area contributed by atoms with Gasteiger partial charge >= 0.3 is 0 Å². The highest BCUT2D eigenvalue weighted by Gasteiger charge is 1.90. The Morgan fingerprint density at radius 3 is 2.41 bits per heavy atom. The normalized spacial score (nSPS) is 10.3. The molecule has 0 saturated heterocycles. The predicted octanol–water partition coefficient (Wildman–Crippen LogP) is 5.08. The van der Waals surface area contributed by atoms with Gasteiger partial charge in [0.15, 0.2) is 0 Å². The maximum atomic E-state index is 3.41. The summed E-state index contributed by atoms with van der Waals surface area (Å²) in [6, 6.07) is 10.6. The molecule has 0 bridgehead atoms. The molecule has 0 aliphatic rings. The van der Waals surface area contributed by atoms with E-state index >= 15 is 0 Å². The third-order valence-electron chi connectivity index (χ3n) is 2.58. The Kier molecular flexibility index (Phi) is 6.14. The van der Waals surface area contributed by atoms with Crippen LogP contribution in [0, 0.1) is 0 Å². The van der Waals surface area contributed by atoms with Crippen molar-refractivity contribution in [1.82, 2.24) is 0 Å². The molecule has 0 heteroatoms. The van der Waals surface area contributed by atoms with Crippen LogP contribution in [0.3, 0.4) is 0 Å². The van der Waals surface area contributed by atoms with Crippen molar-refractivity contribution in [3.8, 4) is 0 Å². The second-order valence-electron chi connectivity index (χ2n) is 4.45. The second-order valence-corrected chi connectivity index (χ2v) is 4.45. The van der Waals surface area contributed by atoms with Crippen LogP contribution in [0.5, 0.6) is 0 Å². The maximum absolute atomic E-state index is 3.41. The molecule has 0 amide bonds. The molecule has 90 valence electrons. The molecule has 0 aliphatic heterocycles. The Bertz CT molecular complexity index is 411. The molecule has 0 nitrogen and oxygen atoms in total. The first-order valence-electron chi connectivity index (χ1n) is 6.33. The molecule has 1 aromatic rings. The average molecular weight is 226 g/mol. The van der Waals surface area contributed by atoms with E-state index in [1.165, 1.54) is 16.7 Å². The van der Waals surface area contributed by atoms with Crippen LogP contribution in [0.4, 0.5) is 0 Å². The van der Waals surface area contributed by atoms with Crippen LogP contribution in [0.25, 0.3) is 0 Å². The van der Waals surface area contributed by atoms with Crippen molar-refractivity contribution in [2.45, 2.75) is 40.0 Å². The van der Waals surface area contributed by atoms with E-state index in [-0.39, 0.29) is 0 Å². The summed E-state index contributed by atoms with van der Waals surface area (Å²) in [7, 11) is 0. The molecule has 0 saturated carbocycles. The van der Waals surface area contributed by atoms with Crippen molar-refractivity contribution in [2.75, 3.05) is 0 Å². The Labute approximate surface area is 105 Å². The second kappa shape index (κ2) is 7.70. The van der Waals surface area contributed by atoms with E-state index in [2.05, 4.69) is 69.0 Å². The van der Waals surface area contributed by atoms with Gasteiger partial charge in [0.05, 0.1) is 0 Å². The van der Waals surface area contributed by atoms with Crippen molar-refractivity contribution in [2.24, 2.45) is 0 Å². The minimum absolute atomic E-state index is 1.02. The van der Waals surface area contributed by atoms with Gasteiger partial charge in [0.25, 0.3) is 0 Å². The van der Waals surface area contributed by atoms with Gasteiger partial charge < -0.3 is 0 Å². The molecular formula is C17H22. The van der Waals surface area contributed by atoms with Gasteiger partial charge in [0, 0.05) is 0 Å². The number of hydrogen-bond acceptors (Lipinski definition) is 0. The highest BCUT2D eigenvalue weighted by Crippen LogP contribution is 2.08. The van der Waals surface area contributed by atoms with Crippen LogP contribution in [-0.2, 0) is 6.42 Å². The monoisotopic (exact) mass is 226 g/mol. The first-order chi connectivity index (χ1) is 8.22. The lowest BCUT2D eigenvalue weighted by Gasteiger charge is -1.97. The summed E-state index contributed by atoms with van der Waals surface area (Å²) in [5.74, 6) is 0. The Morgan fingerprint density at radius 1 is 1.12 bits per heavy atom. The number of allylic oxidation sites excluding steroid dienone is 3. The van der Waals surface area contributed by atoms with Gasteiger partial charge in [0.1, 0.15) is 0 Å². The van der Waals surface area contributed by atoms with E-state index in [4.69, 9.17) is 0 Å². The molecule has 0 aromatic heterocycles. The molecule has 0 aliphatic carbocycles. The smallest absolute Gasteiger partial charge is 0.00625 e. The molecule has 0 atom stereocenters. The molecule has 17 heavy (non-hydrogen) atoms. The molecule has 0 unspecified atom stereocenters. The van der Waals surface area contributed by atoms with E-state index in [9.17, 15) is 0 Å². The van der Waals surface area contributed by atoms with Crippen molar-refractivity contribution in [1.29, 1.82) is 0 Å². The van der Waals surface area contributed by atoms with Crippen LogP contribution in [-0.4, -0.2) is 0 Å². The number of rotatable bonds is 5. The van der Waals surface area contributed by atoms with Gasteiger partial charge in [-0.15, -0.1) is 5.73 Å². The summed E-state index contributed by atoms with van der Waals surface area (Å²) in [6.07, 6.45) is 7.63. The van der Waals surface area contributed by atoms with Crippen LogP contribution in [0.1, 0.15) is 39.2 Å². The number of benzene rings is 1. The van der Waals surface area contributed by atoms with E-state index < -0.39 is 0 Å². The molecule has 1 aromatic carbocycles. The first kappa shape index (κ1) is 13.5. The third kappa shape index (κ3) is 5.94. The van der Waals surface area contributed by atoms with Crippen LogP contribution in [0.2, 0.25) is 0 Å². The van der Waals surface area contributed by atoms with Gasteiger partial charge in [-0.05, 0) is 49.8 Å². The van der Waals surface area contributed by atoms with Gasteiger partial charge in [-0.25, -0.2) is 0 Å². The summed E-state index contributed by atoms with van der Waals surface area (Å²) in [5, 5.41) is 0. The Hall–Kier alpha value is -1.52. The minimum atomic E-state index is 1.02. The molecule has 0 radical (unpaired) electrons. The van der Waals surface area contributed by atoms with Crippen molar-refractivity contribution in [3.63, 3.8) is 0 Å². The number of hydrogen-bond donors (Lipinski definition) is 0. The van der Waals surface area contributed by atoms with Gasteiger partial charge in [-0.3, -0.25) is 0 Å². The summed E-state index contributed by atoms with van der Waals surface area (Å²) in [5.41, 5.74) is 7.42. The van der Waals surface area contributed by atoms with E-state index in [1.807, 2.05) is 0 Å². The van der Waals surface area contributed by atoms with Crippen molar-refractivity contribution in [3.05, 3.63) is 64.9 Å². The van der Waals surface area contributed by atoms with Crippen molar-refractivity contribution >= 4 is 0 Å². The summed E-state index contributed by atoms with van der Waals surface area (Å²) in [6.45, 7) is 6.39. The standard InChI is InChI=1S/C17H22/c1-4-16(14-15(2)3)10-8-9-13-17-11-6-5-7-12-17/h5-9,11-12H,4,10,13H2,1-3H3/b9-8+. The summed E-state index contributed by atoms with van der Waals surface area (Å²) >= 11 is 0. The molecule has 0 spiro atoms. The summed E-state index contributed by atoms with van der Waals surface area (Å²) in [4.78, 5) is 0. The molecule has 0 N–H and O–H groups in total. The van der Waals surface area contributed by atoms with Crippen LogP contribution in [0.15, 0.2) is 59.4 Å². The summed E-state index contributed by atoms with van der Waals surface area (Å²) < 4.78 is 0. The van der Waals surface area contributed by atoms with Crippen molar-refractivity contribution < 1.29 is 0 Å². The van der Waals surface area contributed by atoms with E-state index in [0.29, 0.717) is 0 Å². The quantitative estimate of drug-likeness (QED) is 0.485. The Balaban J connectivity index is 2.48. The lowest BCUT2D eigenvalue weighted by atomic mass is 10.1. The van der Waals surface area contributed by atoms with E-state index in [0.717, 1.165) is 19.3 Å². The Morgan fingerprint density at radius 2 is 1.82 bits per heavy atom. The lowest BCUT2D eigenvalue weighted by Crippen LogP contribution is -1.80.